The first-order valence-electron chi connectivity index (χ1n) is 10.8. The molecule has 1 amide bonds. The lowest BCUT2D eigenvalue weighted by Crippen LogP contribution is -2.34. The predicted octanol–water partition coefficient (Wildman–Crippen LogP) is 5.43. The van der Waals surface area contributed by atoms with Crippen LogP contribution in [0.25, 0.3) is 17.2 Å². The molecule has 162 valence electrons. The van der Waals surface area contributed by atoms with Crippen molar-refractivity contribution in [1.82, 2.24) is 9.80 Å². The van der Waals surface area contributed by atoms with Gasteiger partial charge in [-0.3, -0.25) is 4.79 Å². The van der Waals surface area contributed by atoms with Gasteiger partial charge in [-0.2, -0.15) is 0 Å². The van der Waals surface area contributed by atoms with E-state index in [0.717, 1.165) is 66.0 Å². The van der Waals surface area contributed by atoms with E-state index in [4.69, 9.17) is 0 Å². The SMILES string of the molecule is CSc1ccc(/C=C2/C(C)=C(CC(=O)N3CCCN(C)CC3)c3cc(F)ccc32)cc1. The van der Waals surface area contributed by atoms with Crippen LogP contribution in [-0.2, 0) is 4.79 Å². The Kier molecular flexibility index (Phi) is 6.63. The number of benzene rings is 2. The minimum absolute atomic E-state index is 0.130. The van der Waals surface area contributed by atoms with Crippen LogP contribution in [0.2, 0.25) is 0 Å². The van der Waals surface area contributed by atoms with Crippen molar-refractivity contribution in [3.05, 3.63) is 70.5 Å². The Morgan fingerprint density at radius 2 is 1.84 bits per heavy atom. The number of fused-ring (bicyclic) bond motifs is 1. The number of hydrogen-bond donors (Lipinski definition) is 0. The van der Waals surface area contributed by atoms with Crippen molar-refractivity contribution in [1.29, 1.82) is 0 Å². The molecule has 2 aromatic carbocycles. The van der Waals surface area contributed by atoms with E-state index in [-0.39, 0.29) is 11.7 Å². The first kappa shape index (κ1) is 21.8. The Balaban J connectivity index is 1.66. The van der Waals surface area contributed by atoms with Crippen molar-refractivity contribution in [2.45, 2.75) is 24.7 Å². The zero-order chi connectivity index (χ0) is 22.0. The maximum atomic E-state index is 14.1. The molecule has 0 spiro atoms. The highest BCUT2D eigenvalue weighted by atomic mass is 32.2. The smallest absolute Gasteiger partial charge is 0.227 e. The normalized spacial score (nSPS) is 18.5. The number of thioether (sulfide) groups is 1. The molecular formula is C26H29FN2OS. The Morgan fingerprint density at radius 1 is 1.06 bits per heavy atom. The summed E-state index contributed by atoms with van der Waals surface area (Å²) >= 11 is 1.72. The monoisotopic (exact) mass is 436 g/mol. The molecular weight excluding hydrogens is 407 g/mol. The zero-order valence-corrected chi connectivity index (χ0v) is 19.3. The summed E-state index contributed by atoms with van der Waals surface area (Å²) in [5, 5.41) is 0. The maximum Gasteiger partial charge on any atom is 0.227 e. The lowest BCUT2D eigenvalue weighted by Gasteiger charge is -2.21. The number of carbonyl (C=O) groups excluding carboxylic acids is 1. The van der Waals surface area contributed by atoms with Crippen LogP contribution in [0.4, 0.5) is 4.39 Å². The highest BCUT2D eigenvalue weighted by Gasteiger charge is 2.27. The van der Waals surface area contributed by atoms with Gasteiger partial charge in [-0.25, -0.2) is 4.39 Å². The van der Waals surface area contributed by atoms with Crippen LogP contribution in [-0.4, -0.2) is 55.2 Å². The van der Waals surface area contributed by atoms with Crippen molar-refractivity contribution in [3.8, 4) is 0 Å². The summed E-state index contributed by atoms with van der Waals surface area (Å²) in [6.07, 6.45) is 5.51. The van der Waals surface area contributed by atoms with Gasteiger partial charge in [-0.05, 0) is 96.9 Å². The Hall–Kier alpha value is -2.37. The quantitative estimate of drug-likeness (QED) is 0.597. The fourth-order valence-electron chi connectivity index (χ4n) is 4.41. The maximum absolute atomic E-state index is 14.1. The molecule has 1 saturated heterocycles. The van der Waals surface area contributed by atoms with Gasteiger partial charge in [0, 0.05) is 24.5 Å². The van der Waals surface area contributed by atoms with Crippen LogP contribution >= 0.6 is 11.8 Å². The summed E-state index contributed by atoms with van der Waals surface area (Å²) < 4.78 is 14.1. The molecule has 0 atom stereocenters. The number of hydrogen-bond acceptors (Lipinski definition) is 3. The minimum Gasteiger partial charge on any atom is -0.341 e. The molecule has 0 saturated carbocycles. The molecule has 3 nitrogen and oxygen atoms in total. The number of halogens is 1. The Bertz CT molecular complexity index is 1040. The zero-order valence-electron chi connectivity index (χ0n) is 18.5. The summed E-state index contributed by atoms with van der Waals surface area (Å²) in [6.45, 7) is 5.50. The van der Waals surface area contributed by atoms with Crippen LogP contribution in [0.3, 0.4) is 0 Å². The molecule has 1 heterocycles. The number of nitrogens with zero attached hydrogens (tertiary/aromatic N) is 2. The minimum atomic E-state index is -0.265. The standard InChI is InChI=1S/C26H29FN2OS/c1-18-23(15-19-5-8-21(31-3)9-6-19)22-10-7-20(27)16-25(22)24(18)17-26(30)29-12-4-11-28(2)13-14-29/h5-10,15-16H,4,11-14,17H2,1-3H3/b23-15-. The van der Waals surface area contributed by atoms with Crippen molar-refractivity contribution >= 4 is 34.9 Å². The Morgan fingerprint density at radius 3 is 2.58 bits per heavy atom. The summed E-state index contributed by atoms with van der Waals surface area (Å²) in [5.41, 5.74) is 6.05. The molecule has 2 aromatic rings. The van der Waals surface area contributed by atoms with Crippen LogP contribution < -0.4 is 0 Å². The molecule has 0 N–H and O–H groups in total. The van der Waals surface area contributed by atoms with Gasteiger partial charge in [0.25, 0.3) is 0 Å². The fraction of sp³-hybridized carbons (Fsp3) is 0.346. The highest BCUT2D eigenvalue weighted by molar-refractivity contribution is 7.98. The second kappa shape index (κ2) is 9.41. The van der Waals surface area contributed by atoms with Gasteiger partial charge in [0.1, 0.15) is 5.82 Å². The molecule has 0 unspecified atom stereocenters. The van der Waals surface area contributed by atoms with Crippen LogP contribution in [0.15, 0.2) is 52.9 Å². The summed E-state index contributed by atoms with van der Waals surface area (Å²) in [4.78, 5) is 18.6. The second-order valence-electron chi connectivity index (χ2n) is 8.34. The van der Waals surface area contributed by atoms with Crippen LogP contribution in [0.1, 0.15) is 36.5 Å². The van der Waals surface area contributed by atoms with E-state index in [1.54, 1.807) is 17.8 Å². The van der Waals surface area contributed by atoms with Gasteiger partial charge >= 0.3 is 0 Å². The topological polar surface area (TPSA) is 23.6 Å². The largest absolute Gasteiger partial charge is 0.341 e. The van der Waals surface area contributed by atoms with Crippen molar-refractivity contribution in [2.24, 2.45) is 0 Å². The number of allylic oxidation sites excluding steroid dienone is 2. The lowest BCUT2D eigenvalue weighted by molar-refractivity contribution is -0.129. The number of carbonyl (C=O) groups is 1. The van der Waals surface area contributed by atoms with Crippen LogP contribution in [0.5, 0.6) is 0 Å². The molecule has 1 aliphatic heterocycles. The summed E-state index contributed by atoms with van der Waals surface area (Å²) in [5.74, 6) is -0.135. The van der Waals surface area contributed by atoms with Crippen molar-refractivity contribution in [3.63, 3.8) is 0 Å². The molecule has 0 radical (unpaired) electrons. The van der Waals surface area contributed by atoms with Gasteiger partial charge < -0.3 is 9.80 Å². The summed E-state index contributed by atoms with van der Waals surface area (Å²) in [6, 6.07) is 13.4. The van der Waals surface area contributed by atoms with Crippen molar-refractivity contribution in [2.75, 3.05) is 39.5 Å². The van der Waals surface area contributed by atoms with E-state index in [1.807, 2.05) is 11.0 Å². The first-order chi connectivity index (χ1) is 15.0. The third kappa shape index (κ3) is 4.78. The van der Waals surface area contributed by atoms with Gasteiger partial charge in [0.05, 0.1) is 6.42 Å². The number of rotatable bonds is 4. The van der Waals surface area contributed by atoms with E-state index >= 15 is 0 Å². The molecule has 0 bridgehead atoms. The molecule has 0 aromatic heterocycles. The average Bonchev–Trinajstić information content (AvgIpc) is 2.90. The van der Waals surface area contributed by atoms with E-state index < -0.39 is 0 Å². The fourth-order valence-corrected chi connectivity index (χ4v) is 4.82. The van der Waals surface area contributed by atoms with Crippen LogP contribution in [0, 0.1) is 5.82 Å². The van der Waals surface area contributed by atoms with Gasteiger partial charge in [0.2, 0.25) is 5.91 Å². The summed E-state index contributed by atoms with van der Waals surface area (Å²) in [7, 11) is 2.10. The molecule has 1 fully saturated rings. The molecule has 1 aliphatic carbocycles. The predicted molar refractivity (Wildman–Crippen MR) is 128 cm³/mol. The van der Waals surface area contributed by atoms with Gasteiger partial charge in [-0.1, -0.05) is 18.2 Å². The first-order valence-corrected chi connectivity index (χ1v) is 12.0. The highest BCUT2D eigenvalue weighted by Crippen LogP contribution is 2.44. The third-order valence-corrected chi connectivity index (χ3v) is 7.02. The second-order valence-corrected chi connectivity index (χ2v) is 9.22. The number of likely N-dealkylation sites (N-methyl/N-ethyl adjacent to an activating group) is 1. The van der Waals surface area contributed by atoms with E-state index in [0.29, 0.717) is 6.42 Å². The van der Waals surface area contributed by atoms with Gasteiger partial charge in [-0.15, -0.1) is 11.8 Å². The molecule has 5 heteroatoms. The molecule has 2 aliphatic rings. The number of amides is 1. The van der Waals surface area contributed by atoms with Crippen molar-refractivity contribution < 1.29 is 9.18 Å². The van der Waals surface area contributed by atoms with E-state index in [1.165, 1.54) is 11.0 Å². The van der Waals surface area contributed by atoms with E-state index in [9.17, 15) is 9.18 Å². The molecule has 31 heavy (non-hydrogen) atoms. The lowest BCUT2D eigenvalue weighted by atomic mass is 10.0. The van der Waals surface area contributed by atoms with Gasteiger partial charge in [0.15, 0.2) is 0 Å². The average molecular weight is 437 g/mol. The van der Waals surface area contributed by atoms with E-state index in [2.05, 4.69) is 55.5 Å². The molecule has 4 rings (SSSR count). The third-order valence-electron chi connectivity index (χ3n) is 6.28. The Labute approximate surface area is 188 Å².